The lowest BCUT2D eigenvalue weighted by atomic mass is 10.2. The summed E-state index contributed by atoms with van der Waals surface area (Å²) in [5, 5.41) is 2.82. The van der Waals surface area contributed by atoms with Crippen LogP contribution >= 0.6 is 27.7 Å². The minimum atomic E-state index is -0.278. The largest absolute Gasteiger partial charge is 0.325 e. The summed E-state index contributed by atoms with van der Waals surface area (Å²) in [7, 11) is 0. The first-order chi connectivity index (χ1) is 12.5. The number of rotatable bonds is 6. The molecule has 1 saturated heterocycles. The standard InChI is InChI=1S/C19H18BrFN2O2S/c20-14-4-3-13(17(21)10-14)11-26-12-18(24)22-15-5-7-16(8-6-15)23-9-1-2-19(23)25/h3-8,10H,1-2,9,11-12H2,(H,22,24). The van der Waals surface area contributed by atoms with E-state index in [9.17, 15) is 14.0 Å². The van der Waals surface area contributed by atoms with Gasteiger partial charge in [-0.3, -0.25) is 9.59 Å². The second kappa shape index (κ2) is 8.68. The topological polar surface area (TPSA) is 49.4 Å². The number of hydrogen-bond acceptors (Lipinski definition) is 3. The van der Waals surface area contributed by atoms with Crippen LogP contribution in [-0.2, 0) is 15.3 Å². The van der Waals surface area contributed by atoms with Crippen LogP contribution in [0.25, 0.3) is 0 Å². The number of halogens is 2. The molecule has 26 heavy (non-hydrogen) atoms. The second-order valence-electron chi connectivity index (χ2n) is 5.97. The van der Waals surface area contributed by atoms with Crippen molar-refractivity contribution >= 4 is 50.9 Å². The Morgan fingerprint density at radius 2 is 2.00 bits per heavy atom. The van der Waals surface area contributed by atoms with Crippen molar-refractivity contribution in [3.63, 3.8) is 0 Å². The zero-order valence-electron chi connectivity index (χ0n) is 14.0. The van der Waals surface area contributed by atoms with Gasteiger partial charge in [-0.25, -0.2) is 4.39 Å². The number of benzene rings is 2. The maximum Gasteiger partial charge on any atom is 0.234 e. The van der Waals surface area contributed by atoms with Gasteiger partial charge in [0.25, 0.3) is 0 Å². The van der Waals surface area contributed by atoms with Gasteiger partial charge in [-0.1, -0.05) is 22.0 Å². The zero-order valence-corrected chi connectivity index (χ0v) is 16.4. The highest BCUT2D eigenvalue weighted by Gasteiger charge is 2.21. The summed E-state index contributed by atoms with van der Waals surface area (Å²) in [6.07, 6.45) is 1.47. The number of nitrogens with zero attached hydrogens (tertiary/aromatic N) is 1. The molecule has 7 heteroatoms. The smallest absolute Gasteiger partial charge is 0.234 e. The molecular formula is C19H18BrFN2O2S. The summed E-state index contributed by atoms with van der Waals surface area (Å²) >= 11 is 4.58. The molecule has 1 fully saturated rings. The van der Waals surface area contributed by atoms with Crippen LogP contribution in [0.5, 0.6) is 0 Å². The van der Waals surface area contributed by atoms with Crippen molar-refractivity contribution in [2.24, 2.45) is 0 Å². The molecule has 2 aromatic carbocycles. The third-order valence-corrected chi connectivity index (χ3v) is 5.52. The van der Waals surface area contributed by atoms with Crippen LogP contribution in [-0.4, -0.2) is 24.1 Å². The molecule has 1 aliphatic rings. The molecule has 1 N–H and O–H groups in total. The Balaban J connectivity index is 1.48. The normalized spacial score (nSPS) is 13.9. The third-order valence-electron chi connectivity index (χ3n) is 4.04. The number of thioether (sulfide) groups is 1. The second-order valence-corrected chi connectivity index (χ2v) is 7.87. The molecule has 0 aromatic heterocycles. The molecule has 2 amide bonds. The quantitative estimate of drug-likeness (QED) is 0.720. The Hall–Kier alpha value is -1.86. The van der Waals surface area contributed by atoms with Gasteiger partial charge in [0.1, 0.15) is 5.82 Å². The van der Waals surface area contributed by atoms with Gasteiger partial charge < -0.3 is 10.2 Å². The van der Waals surface area contributed by atoms with Crippen LogP contribution in [0.4, 0.5) is 15.8 Å². The number of carbonyl (C=O) groups is 2. The summed E-state index contributed by atoms with van der Waals surface area (Å²) in [5.41, 5.74) is 2.11. The summed E-state index contributed by atoms with van der Waals surface area (Å²) in [6, 6.07) is 12.2. The van der Waals surface area contributed by atoms with Gasteiger partial charge in [0.2, 0.25) is 11.8 Å². The van der Waals surface area contributed by atoms with Crippen LogP contribution in [0, 0.1) is 5.82 Å². The van der Waals surface area contributed by atoms with E-state index in [1.165, 1.54) is 17.8 Å². The maximum atomic E-state index is 13.7. The first-order valence-corrected chi connectivity index (χ1v) is 10.2. The monoisotopic (exact) mass is 436 g/mol. The van der Waals surface area contributed by atoms with Gasteiger partial charge in [-0.05, 0) is 48.4 Å². The van der Waals surface area contributed by atoms with Gasteiger partial charge in [-0.2, -0.15) is 0 Å². The van der Waals surface area contributed by atoms with Gasteiger partial charge >= 0.3 is 0 Å². The zero-order chi connectivity index (χ0) is 18.5. The van der Waals surface area contributed by atoms with E-state index in [1.807, 2.05) is 12.1 Å². The van der Waals surface area contributed by atoms with E-state index >= 15 is 0 Å². The predicted octanol–water partition coefficient (Wildman–Crippen LogP) is 4.59. The maximum absolute atomic E-state index is 13.7. The molecule has 1 aliphatic heterocycles. The van der Waals surface area contributed by atoms with E-state index in [1.54, 1.807) is 29.2 Å². The van der Waals surface area contributed by atoms with E-state index < -0.39 is 0 Å². The number of carbonyl (C=O) groups excluding carboxylic acids is 2. The van der Waals surface area contributed by atoms with Crippen molar-refractivity contribution in [2.75, 3.05) is 22.5 Å². The Kier molecular flexibility index (Phi) is 6.32. The van der Waals surface area contributed by atoms with Crippen molar-refractivity contribution in [3.05, 3.63) is 58.3 Å². The highest BCUT2D eigenvalue weighted by Crippen LogP contribution is 2.23. The highest BCUT2D eigenvalue weighted by molar-refractivity contribution is 9.10. The van der Waals surface area contributed by atoms with Crippen molar-refractivity contribution in [1.29, 1.82) is 0 Å². The fraction of sp³-hybridized carbons (Fsp3) is 0.263. The van der Waals surface area contributed by atoms with E-state index in [2.05, 4.69) is 21.2 Å². The molecule has 0 bridgehead atoms. The molecule has 2 aromatic rings. The summed E-state index contributed by atoms with van der Waals surface area (Å²) in [4.78, 5) is 25.5. The molecule has 0 unspecified atom stereocenters. The summed E-state index contributed by atoms with van der Waals surface area (Å²) < 4.78 is 14.4. The Morgan fingerprint density at radius 3 is 2.65 bits per heavy atom. The molecular weight excluding hydrogens is 419 g/mol. The molecule has 0 atom stereocenters. The van der Waals surface area contributed by atoms with E-state index in [4.69, 9.17) is 0 Å². The molecule has 0 radical (unpaired) electrons. The molecule has 136 valence electrons. The highest BCUT2D eigenvalue weighted by atomic mass is 79.9. The van der Waals surface area contributed by atoms with Crippen molar-refractivity contribution in [1.82, 2.24) is 0 Å². The van der Waals surface area contributed by atoms with Crippen molar-refractivity contribution < 1.29 is 14.0 Å². The molecule has 0 aliphatic carbocycles. The van der Waals surface area contributed by atoms with Crippen LogP contribution < -0.4 is 10.2 Å². The molecule has 1 heterocycles. The number of anilines is 2. The van der Waals surface area contributed by atoms with Crippen LogP contribution in [0.1, 0.15) is 18.4 Å². The molecule has 0 spiro atoms. The third kappa shape index (κ3) is 4.86. The van der Waals surface area contributed by atoms with Gasteiger partial charge in [-0.15, -0.1) is 11.8 Å². The van der Waals surface area contributed by atoms with Crippen molar-refractivity contribution in [2.45, 2.75) is 18.6 Å². The lowest BCUT2D eigenvalue weighted by molar-refractivity contribution is -0.117. The fourth-order valence-corrected chi connectivity index (χ4v) is 3.88. The number of nitrogens with one attached hydrogen (secondary N) is 1. The molecule has 4 nitrogen and oxygen atoms in total. The summed E-state index contributed by atoms with van der Waals surface area (Å²) in [5.74, 6) is 0.389. The van der Waals surface area contributed by atoms with Gasteiger partial charge in [0.15, 0.2) is 0 Å². The SMILES string of the molecule is O=C(CSCc1ccc(Br)cc1F)Nc1ccc(N2CCCC2=O)cc1. The van der Waals surface area contributed by atoms with Crippen LogP contribution in [0.2, 0.25) is 0 Å². The Morgan fingerprint density at radius 1 is 1.23 bits per heavy atom. The van der Waals surface area contributed by atoms with E-state index in [0.29, 0.717) is 27.9 Å². The van der Waals surface area contributed by atoms with E-state index in [-0.39, 0.29) is 23.4 Å². The summed E-state index contributed by atoms with van der Waals surface area (Å²) in [6.45, 7) is 0.744. The minimum absolute atomic E-state index is 0.137. The lowest BCUT2D eigenvalue weighted by Gasteiger charge is -2.16. The van der Waals surface area contributed by atoms with Gasteiger partial charge in [0.05, 0.1) is 5.75 Å². The number of hydrogen-bond donors (Lipinski definition) is 1. The molecule has 3 rings (SSSR count). The van der Waals surface area contributed by atoms with E-state index in [0.717, 1.165) is 18.7 Å². The van der Waals surface area contributed by atoms with Crippen LogP contribution in [0.3, 0.4) is 0 Å². The number of amides is 2. The average Bonchev–Trinajstić information content (AvgIpc) is 3.03. The fourth-order valence-electron chi connectivity index (χ4n) is 2.74. The van der Waals surface area contributed by atoms with Crippen molar-refractivity contribution in [3.8, 4) is 0 Å². The van der Waals surface area contributed by atoms with Crippen LogP contribution in [0.15, 0.2) is 46.9 Å². The minimum Gasteiger partial charge on any atom is -0.325 e. The average molecular weight is 437 g/mol. The molecule has 0 saturated carbocycles. The predicted molar refractivity (Wildman–Crippen MR) is 107 cm³/mol. The van der Waals surface area contributed by atoms with Gasteiger partial charge in [0, 0.05) is 34.6 Å². The Bertz CT molecular complexity index is 814. The first-order valence-electron chi connectivity index (χ1n) is 8.25. The lowest BCUT2D eigenvalue weighted by Crippen LogP contribution is -2.23. The first kappa shape index (κ1) is 18.9. The Labute approximate surface area is 164 Å².